The monoisotopic (exact) mass is 437 g/mol. The number of aromatic nitrogens is 2. The van der Waals surface area contributed by atoms with Crippen LogP contribution < -0.4 is 0 Å². The maximum absolute atomic E-state index is 13.6. The topological polar surface area (TPSA) is 83.0 Å². The second-order valence-corrected chi connectivity index (χ2v) is 8.09. The molecule has 0 bridgehead atoms. The van der Waals surface area contributed by atoms with Gasteiger partial charge in [0.05, 0.1) is 25.4 Å². The van der Waals surface area contributed by atoms with Crippen molar-refractivity contribution in [3.05, 3.63) is 52.8 Å². The van der Waals surface area contributed by atoms with Gasteiger partial charge in [0.15, 0.2) is 0 Å². The molecule has 1 unspecified atom stereocenters. The number of ether oxygens (including phenoxy) is 1. The Morgan fingerprint density at radius 2 is 1.91 bits per heavy atom. The first-order valence-corrected chi connectivity index (χ1v) is 10.8. The zero-order chi connectivity index (χ0) is 23.0. The van der Waals surface area contributed by atoms with E-state index in [4.69, 9.17) is 9.73 Å². The summed E-state index contributed by atoms with van der Waals surface area (Å²) in [6.07, 6.45) is 0. The number of nitrogens with zero attached hydrogens (tertiary/aromatic N) is 6. The van der Waals surface area contributed by atoms with E-state index >= 15 is 0 Å². The Morgan fingerprint density at radius 3 is 2.56 bits per heavy atom. The lowest BCUT2D eigenvalue weighted by atomic mass is 10.1. The summed E-state index contributed by atoms with van der Waals surface area (Å²) in [5.41, 5.74) is 3.96. The van der Waals surface area contributed by atoms with Gasteiger partial charge in [0.2, 0.25) is 11.9 Å². The van der Waals surface area contributed by atoms with E-state index < -0.39 is 12.1 Å². The molecule has 9 nitrogen and oxygen atoms in total. The van der Waals surface area contributed by atoms with E-state index in [1.165, 1.54) is 9.80 Å². The van der Waals surface area contributed by atoms with Crippen LogP contribution in [0.5, 0.6) is 0 Å². The van der Waals surface area contributed by atoms with E-state index in [-0.39, 0.29) is 12.5 Å². The molecule has 2 aromatic rings. The Bertz CT molecular complexity index is 1130. The van der Waals surface area contributed by atoms with Gasteiger partial charge in [-0.05, 0) is 44.9 Å². The van der Waals surface area contributed by atoms with Gasteiger partial charge in [-0.15, -0.1) is 9.78 Å². The van der Waals surface area contributed by atoms with Crippen LogP contribution in [0.4, 0.5) is 4.79 Å². The molecule has 1 fully saturated rings. The van der Waals surface area contributed by atoms with Gasteiger partial charge in [-0.3, -0.25) is 14.6 Å². The Balaban J connectivity index is 1.81. The lowest BCUT2D eigenvalue weighted by Gasteiger charge is -2.34. The number of aryl methyl sites for hydroxylation is 3. The normalized spacial score (nSPS) is 18.5. The molecule has 3 heterocycles. The van der Waals surface area contributed by atoms with Crippen molar-refractivity contribution in [2.24, 2.45) is 4.99 Å². The molecule has 32 heavy (non-hydrogen) atoms. The number of benzene rings is 1. The molecule has 0 spiro atoms. The molecule has 2 aliphatic rings. The summed E-state index contributed by atoms with van der Waals surface area (Å²) >= 11 is 0. The number of carbonyl (C=O) groups excluding carboxylic acids is 2. The fraction of sp³-hybridized carbons (Fsp3) is 0.435. The lowest BCUT2D eigenvalue weighted by Crippen LogP contribution is -2.63. The van der Waals surface area contributed by atoms with E-state index in [1.54, 1.807) is 11.7 Å². The van der Waals surface area contributed by atoms with Crippen molar-refractivity contribution in [1.82, 2.24) is 19.6 Å². The molecule has 1 saturated heterocycles. The predicted molar refractivity (Wildman–Crippen MR) is 120 cm³/mol. The molecule has 0 saturated carbocycles. The van der Waals surface area contributed by atoms with Crippen molar-refractivity contribution >= 4 is 23.7 Å². The summed E-state index contributed by atoms with van der Waals surface area (Å²) in [5.74, 6) is 0.666. The number of hydrogen-bond donors (Lipinski definition) is 0. The van der Waals surface area contributed by atoms with Crippen LogP contribution in [0.25, 0.3) is 0 Å². The third-order valence-electron chi connectivity index (χ3n) is 5.85. The highest BCUT2D eigenvalue weighted by atomic mass is 16.5. The average Bonchev–Trinajstić information content (AvgIpc) is 3.30. The van der Waals surface area contributed by atoms with Gasteiger partial charge < -0.3 is 4.74 Å². The van der Waals surface area contributed by atoms with Crippen molar-refractivity contribution in [2.45, 2.75) is 40.3 Å². The Morgan fingerprint density at radius 1 is 1.16 bits per heavy atom. The molecule has 2 aliphatic heterocycles. The summed E-state index contributed by atoms with van der Waals surface area (Å²) in [4.78, 5) is 34.0. The van der Waals surface area contributed by atoms with Gasteiger partial charge in [0.1, 0.15) is 5.69 Å². The fourth-order valence-electron chi connectivity index (χ4n) is 4.15. The first-order valence-electron chi connectivity index (χ1n) is 10.8. The van der Waals surface area contributed by atoms with Crippen molar-refractivity contribution in [2.75, 3.05) is 26.8 Å². The third-order valence-corrected chi connectivity index (χ3v) is 5.85. The highest BCUT2D eigenvalue weighted by molar-refractivity contribution is 6.23. The first-order chi connectivity index (χ1) is 15.3. The summed E-state index contributed by atoms with van der Waals surface area (Å²) in [7, 11) is 1.66. The van der Waals surface area contributed by atoms with Crippen LogP contribution in [-0.2, 0) is 16.1 Å². The highest BCUT2D eigenvalue weighted by Crippen LogP contribution is 2.23. The number of fused-ring (bicyclic) bond motifs is 1. The van der Waals surface area contributed by atoms with Crippen LogP contribution >= 0.6 is 0 Å². The van der Waals surface area contributed by atoms with Gasteiger partial charge in [0.25, 0.3) is 5.91 Å². The van der Waals surface area contributed by atoms with Crippen molar-refractivity contribution in [3.8, 4) is 0 Å². The number of hydrogen-bond acceptors (Lipinski definition) is 5. The highest BCUT2D eigenvalue weighted by Gasteiger charge is 2.53. The molecular weight excluding hydrogens is 408 g/mol. The summed E-state index contributed by atoms with van der Waals surface area (Å²) < 4.78 is 9.08. The molecular formula is C23H29N6O3+. The van der Waals surface area contributed by atoms with Crippen LogP contribution in [0.3, 0.4) is 0 Å². The van der Waals surface area contributed by atoms with Crippen LogP contribution in [0.15, 0.2) is 35.3 Å². The van der Waals surface area contributed by atoms with Gasteiger partial charge in [-0.25, -0.2) is 9.37 Å². The molecule has 1 atom stereocenters. The third kappa shape index (κ3) is 3.73. The quantitative estimate of drug-likeness (QED) is 0.511. The van der Waals surface area contributed by atoms with Crippen LogP contribution in [0, 0.1) is 20.8 Å². The van der Waals surface area contributed by atoms with Crippen LogP contribution in [0.2, 0.25) is 0 Å². The first kappa shape index (κ1) is 21.9. The number of amides is 3. The standard InChI is InChI=1S/C23H29N6O3/c1-6-32-12-11-27-21(30)19-20(26(5)23(27)31)24-22(29-17(4)13-16(3)25-29)28(19)14-18-10-8-7-9-15(18)2/h7-10,13,19H,6,11-12,14H2,1-5H3/q+1. The van der Waals surface area contributed by atoms with Crippen molar-refractivity contribution in [3.63, 3.8) is 0 Å². The second-order valence-electron chi connectivity index (χ2n) is 8.09. The summed E-state index contributed by atoms with van der Waals surface area (Å²) in [5, 5.41) is 4.60. The van der Waals surface area contributed by atoms with E-state index in [0.29, 0.717) is 31.6 Å². The van der Waals surface area contributed by atoms with E-state index in [2.05, 4.69) is 5.10 Å². The Labute approximate surface area is 187 Å². The Kier molecular flexibility index (Phi) is 5.92. The molecule has 0 radical (unpaired) electrons. The minimum absolute atomic E-state index is 0.201. The van der Waals surface area contributed by atoms with E-state index in [0.717, 1.165) is 22.5 Å². The lowest BCUT2D eigenvalue weighted by molar-refractivity contribution is -0.553. The molecule has 0 aliphatic carbocycles. The zero-order valence-electron chi connectivity index (χ0n) is 19.2. The van der Waals surface area contributed by atoms with Crippen molar-refractivity contribution in [1.29, 1.82) is 0 Å². The summed E-state index contributed by atoms with van der Waals surface area (Å²) in [6, 6.07) is 8.92. The number of carbonyl (C=O) groups is 2. The minimum atomic E-state index is -0.710. The maximum atomic E-state index is 13.6. The van der Waals surface area contributed by atoms with E-state index in [1.807, 2.05) is 62.6 Å². The molecule has 3 amide bonds. The number of imide groups is 1. The SMILES string of the molecule is CCOCCN1C(=O)C2C(=NC(n3nc(C)cc3C)=[N+]2Cc2ccccc2C)N(C)C1=O. The smallest absolute Gasteiger partial charge is 0.380 e. The molecule has 1 aromatic carbocycles. The average molecular weight is 438 g/mol. The second kappa shape index (κ2) is 8.66. The van der Waals surface area contributed by atoms with Crippen molar-refractivity contribution < 1.29 is 18.9 Å². The predicted octanol–water partition coefficient (Wildman–Crippen LogP) is 1.94. The van der Waals surface area contributed by atoms with Gasteiger partial charge >= 0.3 is 12.0 Å². The number of rotatable bonds is 6. The fourth-order valence-corrected chi connectivity index (χ4v) is 4.15. The zero-order valence-corrected chi connectivity index (χ0v) is 19.2. The van der Waals surface area contributed by atoms with Crippen LogP contribution in [0.1, 0.15) is 29.4 Å². The van der Waals surface area contributed by atoms with Gasteiger partial charge in [-0.2, -0.15) is 0 Å². The summed E-state index contributed by atoms with van der Waals surface area (Å²) in [6.45, 7) is 9.28. The molecule has 0 N–H and O–H groups in total. The largest absolute Gasteiger partial charge is 0.421 e. The molecule has 4 rings (SSSR count). The molecule has 9 heteroatoms. The number of aliphatic imine (C=N–C) groups is 1. The van der Waals surface area contributed by atoms with Gasteiger partial charge in [-0.1, -0.05) is 29.3 Å². The minimum Gasteiger partial charge on any atom is -0.380 e. The Hall–Kier alpha value is -3.33. The van der Waals surface area contributed by atoms with Gasteiger partial charge in [0, 0.05) is 13.7 Å². The van der Waals surface area contributed by atoms with Crippen LogP contribution in [-0.4, -0.2) is 80.7 Å². The number of amidine groups is 1. The van der Waals surface area contributed by atoms with E-state index in [9.17, 15) is 9.59 Å². The number of urea groups is 1. The molecule has 1 aromatic heterocycles. The number of likely N-dealkylation sites (N-methyl/N-ethyl adjacent to an activating group) is 1. The molecule has 168 valence electrons. The maximum Gasteiger partial charge on any atom is 0.421 e.